The van der Waals surface area contributed by atoms with Crippen molar-refractivity contribution >= 4 is 60.8 Å². The molecule has 0 saturated carbocycles. The molecule has 0 N–H and O–H groups in total. The molecule has 0 aliphatic carbocycles. The van der Waals surface area contributed by atoms with E-state index in [0.29, 0.717) is 0 Å². The zero-order chi connectivity index (χ0) is 45.1. The number of aromatic nitrogens is 2. The summed E-state index contributed by atoms with van der Waals surface area (Å²) >= 11 is 0. The van der Waals surface area contributed by atoms with Crippen LogP contribution in [-0.4, -0.2) is 9.55 Å². The van der Waals surface area contributed by atoms with E-state index in [2.05, 4.69) is 248 Å². The highest BCUT2D eigenvalue weighted by Crippen LogP contribution is 2.45. The van der Waals surface area contributed by atoms with Crippen LogP contribution in [0.4, 0.5) is 17.1 Å². The smallest absolute Gasteiger partial charge is 0.143 e. The predicted molar refractivity (Wildman–Crippen MR) is 281 cm³/mol. The van der Waals surface area contributed by atoms with Crippen LogP contribution in [0.2, 0.25) is 0 Å². The van der Waals surface area contributed by atoms with Crippen molar-refractivity contribution in [3.8, 4) is 50.2 Å². The van der Waals surface area contributed by atoms with Gasteiger partial charge in [-0.25, -0.2) is 0 Å². The zero-order valence-corrected chi connectivity index (χ0v) is 37.7. The fourth-order valence-corrected chi connectivity index (χ4v) is 9.84. The average molecular weight is 862 g/mol. The van der Waals surface area contributed by atoms with E-state index in [4.69, 9.17) is 4.42 Å². The number of nitrogens with zero attached hydrogens (tertiary/aromatic N) is 3. The Labute approximate surface area is 390 Å². The maximum Gasteiger partial charge on any atom is 0.143 e. The van der Waals surface area contributed by atoms with E-state index in [-0.39, 0.29) is 5.41 Å². The monoisotopic (exact) mass is 861 g/mol. The van der Waals surface area contributed by atoms with Crippen molar-refractivity contribution in [2.45, 2.75) is 26.2 Å². The van der Waals surface area contributed by atoms with E-state index in [1.807, 2.05) is 18.5 Å². The first-order valence-corrected chi connectivity index (χ1v) is 23.0. The number of pyridine rings is 1. The van der Waals surface area contributed by atoms with Gasteiger partial charge in [0.2, 0.25) is 0 Å². The van der Waals surface area contributed by atoms with Gasteiger partial charge in [0.05, 0.1) is 11.0 Å². The van der Waals surface area contributed by atoms with Crippen molar-refractivity contribution in [1.29, 1.82) is 0 Å². The minimum absolute atomic E-state index is 0.0297. The first kappa shape index (κ1) is 40.1. The normalized spacial score (nSPS) is 11.8. The van der Waals surface area contributed by atoms with Crippen molar-refractivity contribution in [3.05, 3.63) is 236 Å². The summed E-state index contributed by atoms with van der Waals surface area (Å²) in [6.07, 6.45) is 3.86. The second kappa shape index (κ2) is 16.2. The molecule has 12 aromatic rings. The molecule has 0 amide bonds. The number of benzene rings is 9. The molecular weight excluding hydrogens is 815 g/mol. The lowest BCUT2D eigenvalue weighted by atomic mass is 9.85. The summed E-state index contributed by atoms with van der Waals surface area (Å²) in [4.78, 5) is 6.92. The second-order valence-corrected chi connectivity index (χ2v) is 18.4. The summed E-state index contributed by atoms with van der Waals surface area (Å²) in [6.45, 7) is 6.80. The molecule has 0 unspecified atom stereocenters. The Balaban J connectivity index is 1.00. The molecule has 0 fully saturated rings. The van der Waals surface area contributed by atoms with Gasteiger partial charge < -0.3 is 13.9 Å². The van der Waals surface area contributed by atoms with E-state index >= 15 is 0 Å². The Kier molecular flexibility index (Phi) is 9.69. The molecule has 3 heterocycles. The Hall–Kier alpha value is -8.47. The minimum atomic E-state index is 0.0297. The van der Waals surface area contributed by atoms with E-state index in [1.165, 1.54) is 22.1 Å². The van der Waals surface area contributed by atoms with E-state index < -0.39 is 0 Å². The molecule has 4 nitrogen and oxygen atoms in total. The lowest BCUT2D eigenvalue weighted by Crippen LogP contribution is -2.11. The molecule has 0 radical (unpaired) electrons. The highest BCUT2D eigenvalue weighted by Gasteiger charge is 2.21. The van der Waals surface area contributed by atoms with Crippen LogP contribution < -0.4 is 4.90 Å². The molecule has 9 aromatic carbocycles. The van der Waals surface area contributed by atoms with Gasteiger partial charge in [-0.2, -0.15) is 0 Å². The highest BCUT2D eigenvalue weighted by molar-refractivity contribution is 6.11. The van der Waals surface area contributed by atoms with E-state index in [0.717, 1.165) is 94.5 Å². The molecule has 0 aliphatic heterocycles. The van der Waals surface area contributed by atoms with E-state index in [9.17, 15) is 0 Å². The maximum atomic E-state index is 6.66. The molecule has 320 valence electrons. The first-order valence-electron chi connectivity index (χ1n) is 23.0. The number of fused-ring (bicyclic) bond motifs is 6. The van der Waals surface area contributed by atoms with Crippen LogP contribution in [-0.2, 0) is 5.41 Å². The minimum Gasteiger partial charge on any atom is -0.455 e. The predicted octanol–water partition coefficient (Wildman–Crippen LogP) is 17.5. The number of hydrogen-bond donors (Lipinski definition) is 0. The summed E-state index contributed by atoms with van der Waals surface area (Å²) in [5.74, 6) is 0. The third-order valence-electron chi connectivity index (χ3n) is 13.3. The van der Waals surface area contributed by atoms with Gasteiger partial charge >= 0.3 is 0 Å². The Morgan fingerprint density at radius 2 is 1.01 bits per heavy atom. The number of anilines is 3. The van der Waals surface area contributed by atoms with Gasteiger partial charge in [-0.3, -0.25) is 4.98 Å². The van der Waals surface area contributed by atoms with Crippen molar-refractivity contribution in [2.24, 2.45) is 0 Å². The quantitative estimate of drug-likeness (QED) is 0.153. The number of para-hydroxylation sites is 3. The average Bonchev–Trinajstić information content (AvgIpc) is 3.93. The van der Waals surface area contributed by atoms with Crippen molar-refractivity contribution in [1.82, 2.24) is 9.55 Å². The Morgan fingerprint density at radius 3 is 1.75 bits per heavy atom. The molecule has 0 atom stereocenters. The Morgan fingerprint density at radius 1 is 0.418 bits per heavy atom. The largest absolute Gasteiger partial charge is 0.455 e. The van der Waals surface area contributed by atoms with Crippen LogP contribution in [0.3, 0.4) is 0 Å². The van der Waals surface area contributed by atoms with Crippen LogP contribution in [0.15, 0.2) is 235 Å². The lowest BCUT2D eigenvalue weighted by Gasteiger charge is -2.27. The molecule has 4 heteroatoms. The Bertz CT molecular complexity index is 3750. The number of hydrogen-bond acceptors (Lipinski definition) is 3. The number of furan rings is 1. The summed E-state index contributed by atoms with van der Waals surface area (Å²) < 4.78 is 8.98. The van der Waals surface area contributed by atoms with Crippen molar-refractivity contribution in [3.63, 3.8) is 0 Å². The third-order valence-corrected chi connectivity index (χ3v) is 13.3. The second-order valence-electron chi connectivity index (χ2n) is 18.4. The summed E-state index contributed by atoms with van der Waals surface area (Å²) in [7, 11) is 0. The van der Waals surface area contributed by atoms with Gasteiger partial charge in [-0.05, 0) is 123 Å². The van der Waals surface area contributed by atoms with Crippen molar-refractivity contribution in [2.75, 3.05) is 4.90 Å². The molecular formula is C63H47N3O. The topological polar surface area (TPSA) is 34.2 Å². The summed E-state index contributed by atoms with van der Waals surface area (Å²) in [5, 5.41) is 4.55. The van der Waals surface area contributed by atoms with Crippen LogP contribution in [0.25, 0.3) is 93.9 Å². The van der Waals surface area contributed by atoms with Gasteiger partial charge in [-0.15, -0.1) is 0 Å². The molecule has 3 aromatic heterocycles. The van der Waals surface area contributed by atoms with Gasteiger partial charge in [0.15, 0.2) is 0 Å². The molecule has 12 rings (SSSR count). The summed E-state index contributed by atoms with van der Waals surface area (Å²) in [6, 6.07) is 78.8. The molecule has 0 aliphatic rings. The highest BCUT2D eigenvalue weighted by atomic mass is 16.3. The first-order chi connectivity index (χ1) is 32.9. The maximum absolute atomic E-state index is 6.66. The van der Waals surface area contributed by atoms with Gasteiger partial charge in [0.1, 0.15) is 11.2 Å². The van der Waals surface area contributed by atoms with Crippen LogP contribution in [0.1, 0.15) is 26.3 Å². The fraction of sp³-hybridized carbons (Fsp3) is 0.0635. The van der Waals surface area contributed by atoms with Crippen LogP contribution in [0.5, 0.6) is 0 Å². The third kappa shape index (κ3) is 7.15. The molecule has 67 heavy (non-hydrogen) atoms. The lowest BCUT2D eigenvalue weighted by molar-refractivity contribution is 0.590. The fourth-order valence-electron chi connectivity index (χ4n) is 9.84. The molecule has 0 spiro atoms. The van der Waals surface area contributed by atoms with Crippen molar-refractivity contribution < 1.29 is 4.42 Å². The summed E-state index contributed by atoms with van der Waals surface area (Å²) in [5.41, 5.74) is 18.8. The van der Waals surface area contributed by atoms with Crippen LogP contribution in [0, 0.1) is 0 Å². The van der Waals surface area contributed by atoms with Gasteiger partial charge in [-0.1, -0.05) is 166 Å². The zero-order valence-electron chi connectivity index (χ0n) is 37.7. The molecule has 0 bridgehead atoms. The SMILES string of the molecule is CC(C)(C)c1ccc(-c2cc(N(c3ccc(-c4ccccc4)cc3)c3ccc(-c4ccc5c(c4)c4cnccc4n5-c4ccccc4)cc3)ccc2-c2cccc3c2oc2ccccc23)cc1. The number of rotatable bonds is 8. The van der Waals surface area contributed by atoms with E-state index in [1.54, 1.807) is 0 Å². The standard InChI is InChI=1S/C63H47N3O/c1-63(2,3)47-28-21-45(22-29-47)56-40-51(34-35-52(56)54-18-12-19-55-53-17-10-11-20-61(53)67-62(54)55)65(49-30-23-43(24-31-49)42-13-6-4-7-14-42)50-32-25-44(26-33-50)46-27-36-59-57(39-46)58-41-64-38-37-60(58)66(59)48-15-8-5-9-16-48/h4-41H,1-3H3. The molecule has 0 saturated heterocycles. The van der Waals surface area contributed by atoms with Gasteiger partial charge in [0.25, 0.3) is 0 Å². The van der Waals surface area contributed by atoms with Crippen LogP contribution >= 0.6 is 0 Å². The van der Waals surface area contributed by atoms with Gasteiger partial charge in [0, 0.05) is 62.3 Å².